The van der Waals surface area contributed by atoms with Gasteiger partial charge in [0, 0.05) is 33.0 Å². The molecule has 0 N–H and O–H groups in total. The van der Waals surface area contributed by atoms with Crippen LogP contribution in [0.25, 0.3) is 78.4 Å². The van der Waals surface area contributed by atoms with Gasteiger partial charge in [-0.1, -0.05) is 135 Å². The second-order valence-electron chi connectivity index (χ2n) is 16.4. The Kier molecular flexibility index (Phi) is 8.37. The van der Waals surface area contributed by atoms with Gasteiger partial charge < -0.3 is 4.42 Å². The Hall–Kier alpha value is -6.38. The highest BCUT2D eigenvalue weighted by atomic mass is 16.3. The molecular formula is C51H42N4O. The molecule has 2 bridgehead atoms. The van der Waals surface area contributed by atoms with E-state index in [2.05, 4.69) is 98.8 Å². The Balaban J connectivity index is 1.03. The van der Waals surface area contributed by atoms with Crippen LogP contribution < -0.4 is 0 Å². The van der Waals surface area contributed by atoms with Gasteiger partial charge >= 0.3 is 0 Å². The summed E-state index contributed by atoms with van der Waals surface area (Å²) in [4.78, 5) is 15.3. The summed E-state index contributed by atoms with van der Waals surface area (Å²) in [5, 5.41) is 11.4. The van der Waals surface area contributed by atoms with Crippen molar-refractivity contribution in [1.82, 2.24) is 15.0 Å². The molecule has 8 aromatic rings. The predicted molar refractivity (Wildman–Crippen MR) is 226 cm³/mol. The lowest BCUT2D eigenvalue weighted by Gasteiger charge is -2.50. The smallest absolute Gasteiger partial charge is 0.164 e. The molecule has 5 heteroatoms. The van der Waals surface area contributed by atoms with Crippen LogP contribution in [0, 0.1) is 29.1 Å². The molecule has 0 saturated heterocycles. The zero-order valence-electron chi connectivity index (χ0n) is 31.7. The largest absolute Gasteiger partial charge is 0.455 e. The highest BCUT2D eigenvalue weighted by Gasteiger charge is 2.45. The normalized spacial score (nSPS) is 20.6. The maximum absolute atomic E-state index is 9.48. The van der Waals surface area contributed by atoms with Crippen molar-refractivity contribution in [2.24, 2.45) is 17.8 Å². The molecule has 4 atom stereocenters. The minimum Gasteiger partial charge on any atom is -0.455 e. The first kappa shape index (κ1) is 34.1. The predicted octanol–water partition coefficient (Wildman–Crippen LogP) is 13.1. The number of nitrogens with zero attached hydrogens (tertiary/aromatic N) is 4. The summed E-state index contributed by atoms with van der Waals surface area (Å²) in [7, 11) is 0. The molecule has 1 unspecified atom stereocenters. The number of aromatic nitrogens is 3. The van der Waals surface area contributed by atoms with Crippen molar-refractivity contribution in [3.63, 3.8) is 0 Å². The van der Waals surface area contributed by atoms with E-state index in [-0.39, 0.29) is 0 Å². The van der Waals surface area contributed by atoms with Crippen LogP contribution in [0.5, 0.6) is 0 Å². The second-order valence-corrected chi connectivity index (χ2v) is 16.4. The van der Waals surface area contributed by atoms with Crippen LogP contribution in [0.15, 0.2) is 144 Å². The summed E-state index contributed by atoms with van der Waals surface area (Å²) in [6.07, 6.45) is 6.67. The van der Waals surface area contributed by atoms with Gasteiger partial charge in [-0.25, -0.2) is 15.0 Å². The number of hydrogen-bond donors (Lipinski definition) is 0. The Labute approximate surface area is 327 Å². The number of fused-ring (bicyclic) bond motifs is 5. The average molecular weight is 727 g/mol. The minimum atomic E-state index is 0.294. The van der Waals surface area contributed by atoms with E-state index in [9.17, 15) is 5.26 Å². The maximum atomic E-state index is 9.48. The molecule has 56 heavy (non-hydrogen) atoms. The van der Waals surface area contributed by atoms with Gasteiger partial charge in [0.05, 0.1) is 11.6 Å². The van der Waals surface area contributed by atoms with Gasteiger partial charge in [0.15, 0.2) is 17.5 Å². The molecule has 5 nitrogen and oxygen atoms in total. The van der Waals surface area contributed by atoms with Crippen molar-refractivity contribution in [2.75, 3.05) is 0 Å². The molecule has 2 heterocycles. The first-order valence-corrected chi connectivity index (χ1v) is 19.9. The topological polar surface area (TPSA) is 75.6 Å². The van der Waals surface area contributed by atoms with Crippen molar-refractivity contribution < 1.29 is 4.42 Å². The lowest BCUT2D eigenvalue weighted by atomic mass is 9.54. The van der Waals surface area contributed by atoms with E-state index in [1.165, 1.54) is 43.2 Å². The third-order valence-electron chi connectivity index (χ3n) is 12.4. The fourth-order valence-corrected chi connectivity index (χ4v) is 10.2. The van der Waals surface area contributed by atoms with E-state index in [1.54, 1.807) is 6.07 Å². The van der Waals surface area contributed by atoms with Crippen LogP contribution in [0.1, 0.15) is 57.1 Å². The fourth-order valence-electron chi connectivity index (χ4n) is 10.2. The summed E-state index contributed by atoms with van der Waals surface area (Å²) in [5.74, 6) is 4.30. The van der Waals surface area contributed by atoms with Crippen molar-refractivity contribution in [2.45, 2.75) is 51.4 Å². The van der Waals surface area contributed by atoms with E-state index in [0.717, 1.165) is 73.1 Å². The summed E-state index contributed by atoms with van der Waals surface area (Å²) in [6.45, 7) is 4.91. The molecule has 2 aliphatic carbocycles. The molecular weight excluding hydrogens is 685 g/mol. The van der Waals surface area contributed by atoms with E-state index in [4.69, 9.17) is 19.4 Å². The van der Waals surface area contributed by atoms with Crippen LogP contribution in [-0.4, -0.2) is 15.0 Å². The Morgan fingerprint density at radius 3 is 1.86 bits per heavy atom. The molecule has 6 aromatic carbocycles. The number of nitriles is 1. The van der Waals surface area contributed by atoms with Gasteiger partial charge in [-0.05, 0) is 95.7 Å². The number of rotatable bonds is 6. The Morgan fingerprint density at radius 2 is 1.14 bits per heavy atom. The van der Waals surface area contributed by atoms with Gasteiger partial charge in [0.2, 0.25) is 0 Å². The van der Waals surface area contributed by atoms with E-state index in [1.807, 2.05) is 54.6 Å². The van der Waals surface area contributed by atoms with Gasteiger partial charge in [0.1, 0.15) is 11.2 Å². The summed E-state index contributed by atoms with van der Waals surface area (Å²) in [5.41, 5.74) is 11.1. The monoisotopic (exact) mass is 726 g/mol. The van der Waals surface area contributed by atoms with Gasteiger partial charge in [-0.3, -0.25) is 0 Å². The van der Waals surface area contributed by atoms with Crippen LogP contribution in [0.4, 0.5) is 0 Å². The SMILES string of the molecule is C[C@@H]1C[C@@H]2C[C@H](C)CC(c3ccc(-c4ccccc4-c4nc(-c5ccccc5)nc(-c5ccc(-c6cccc7c6oc6ccc(C#N)cc67)cc5)n4)cc3)(C1)C2. The molecule has 0 aliphatic heterocycles. The maximum Gasteiger partial charge on any atom is 0.164 e. The minimum absolute atomic E-state index is 0.294. The van der Waals surface area contributed by atoms with Crippen LogP contribution in [-0.2, 0) is 5.41 Å². The molecule has 10 rings (SSSR count). The highest BCUT2D eigenvalue weighted by Crippen LogP contribution is 2.54. The van der Waals surface area contributed by atoms with E-state index in [0.29, 0.717) is 28.5 Å². The van der Waals surface area contributed by atoms with Crippen LogP contribution in [0.2, 0.25) is 0 Å². The van der Waals surface area contributed by atoms with Crippen molar-refractivity contribution in [3.8, 4) is 62.5 Å². The van der Waals surface area contributed by atoms with Crippen LogP contribution >= 0.6 is 0 Å². The second kappa shape index (κ2) is 13.7. The Bertz CT molecular complexity index is 2760. The lowest BCUT2D eigenvalue weighted by Crippen LogP contribution is -2.42. The Morgan fingerprint density at radius 1 is 0.554 bits per heavy atom. The molecule has 0 radical (unpaired) electrons. The molecule has 0 amide bonds. The first-order valence-electron chi connectivity index (χ1n) is 19.9. The number of furan rings is 1. The number of para-hydroxylation sites is 1. The molecule has 2 saturated carbocycles. The van der Waals surface area contributed by atoms with Crippen LogP contribution in [0.3, 0.4) is 0 Å². The van der Waals surface area contributed by atoms with Crippen molar-refractivity contribution in [1.29, 1.82) is 5.26 Å². The third kappa shape index (κ3) is 6.07. The van der Waals surface area contributed by atoms with Crippen molar-refractivity contribution >= 4 is 21.9 Å². The fraction of sp³-hybridized carbons (Fsp3) is 0.216. The molecule has 2 aromatic heterocycles. The third-order valence-corrected chi connectivity index (χ3v) is 12.4. The lowest BCUT2D eigenvalue weighted by molar-refractivity contribution is 0.0780. The summed E-state index contributed by atoms with van der Waals surface area (Å²) in [6, 6.07) is 50.4. The van der Waals surface area contributed by atoms with E-state index < -0.39 is 0 Å². The zero-order valence-corrected chi connectivity index (χ0v) is 31.7. The van der Waals surface area contributed by atoms with Crippen molar-refractivity contribution in [3.05, 3.63) is 151 Å². The molecule has 2 fully saturated rings. The average Bonchev–Trinajstić information content (AvgIpc) is 3.61. The number of benzene rings is 6. The number of hydrogen-bond acceptors (Lipinski definition) is 5. The van der Waals surface area contributed by atoms with Gasteiger partial charge in [0.25, 0.3) is 0 Å². The molecule has 0 spiro atoms. The molecule has 2 aliphatic rings. The summed E-state index contributed by atoms with van der Waals surface area (Å²) >= 11 is 0. The standard InChI is InChI=1S/C51H42N4O/c1-32-25-35-26-33(2)29-51(28-32,30-35)40-22-20-36(21-23-40)41-11-6-7-12-44(41)50-54-48(38-9-4-3-5-10-38)53-49(55-50)39-18-16-37(17-19-39)42-13-8-14-43-45-27-34(31-52)15-24-46(45)56-47(42)43/h3-24,27,32-33,35H,25-26,28-30H2,1-2H3/t32-,33+,35-,51?. The highest BCUT2D eigenvalue weighted by molar-refractivity contribution is 6.09. The zero-order chi connectivity index (χ0) is 37.8. The quantitative estimate of drug-likeness (QED) is 0.170. The van der Waals surface area contributed by atoms with Gasteiger partial charge in [-0.2, -0.15) is 5.26 Å². The first-order chi connectivity index (χ1) is 27.4. The summed E-state index contributed by atoms with van der Waals surface area (Å²) < 4.78 is 6.35. The van der Waals surface area contributed by atoms with Gasteiger partial charge in [-0.15, -0.1) is 0 Å². The van der Waals surface area contributed by atoms with E-state index >= 15 is 0 Å². The molecule has 272 valence electrons.